The fourth-order valence-corrected chi connectivity index (χ4v) is 4.10. The number of hydrogen-bond donors (Lipinski definition) is 2. The molecule has 0 saturated carbocycles. The smallest absolute Gasteiger partial charge is 0.181 e. The van der Waals surface area contributed by atoms with E-state index in [1.807, 2.05) is 0 Å². The van der Waals surface area contributed by atoms with Gasteiger partial charge in [0.15, 0.2) is 9.84 Å². The van der Waals surface area contributed by atoms with Crippen molar-refractivity contribution >= 4 is 9.84 Å². The predicted molar refractivity (Wildman–Crippen MR) is 87.2 cm³/mol. The monoisotopic (exact) mass is 359 g/mol. The Morgan fingerprint density at radius 2 is 1.96 bits per heavy atom. The van der Waals surface area contributed by atoms with Gasteiger partial charge in [-0.15, -0.1) is 0 Å². The van der Waals surface area contributed by atoms with Gasteiger partial charge in [-0.25, -0.2) is 12.8 Å². The summed E-state index contributed by atoms with van der Waals surface area (Å²) in [4.78, 5) is 0.106. The van der Waals surface area contributed by atoms with E-state index in [0.717, 1.165) is 0 Å². The van der Waals surface area contributed by atoms with Crippen LogP contribution in [0.2, 0.25) is 0 Å². The summed E-state index contributed by atoms with van der Waals surface area (Å²) in [6.45, 7) is 0.749. The van der Waals surface area contributed by atoms with Crippen molar-refractivity contribution in [3.63, 3.8) is 0 Å². The van der Waals surface area contributed by atoms with Crippen molar-refractivity contribution in [2.75, 3.05) is 32.1 Å². The summed E-state index contributed by atoms with van der Waals surface area (Å²) in [5.41, 5.74) is 4.37. The van der Waals surface area contributed by atoms with Gasteiger partial charge in [-0.05, 0) is 24.3 Å². The maximum absolute atomic E-state index is 12.5. The van der Waals surface area contributed by atoms with Gasteiger partial charge in [-0.2, -0.15) is 0 Å². The molecule has 3 N–H and O–H groups in total. The van der Waals surface area contributed by atoms with E-state index in [1.165, 1.54) is 24.3 Å². The number of nitrogens with two attached hydrogens (primary N) is 1. The first-order valence-corrected chi connectivity index (χ1v) is 9.28. The fraction of sp³-hybridized carbons (Fsp3) is 0.500. The maximum atomic E-state index is 12.5. The van der Waals surface area contributed by atoms with E-state index in [-0.39, 0.29) is 23.8 Å². The van der Waals surface area contributed by atoms with Gasteiger partial charge in [0, 0.05) is 38.2 Å². The van der Waals surface area contributed by atoms with Crippen molar-refractivity contribution in [2.24, 2.45) is 5.73 Å². The number of rotatable bonds is 7. The van der Waals surface area contributed by atoms with Crippen LogP contribution in [0.1, 0.15) is 12.8 Å². The second kappa shape index (κ2) is 8.06. The largest absolute Gasteiger partial charge is 0.489 e. The Balaban J connectivity index is 2.03. The molecule has 0 radical (unpaired) electrons. The van der Waals surface area contributed by atoms with E-state index in [4.69, 9.17) is 15.2 Å². The zero-order chi connectivity index (χ0) is 17.6. The molecule has 6 nitrogen and oxygen atoms in total. The quantitative estimate of drug-likeness (QED) is 0.759. The molecule has 0 aliphatic carbocycles. The highest BCUT2D eigenvalue weighted by atomic mass is 32.2. The first-order chi connectivity index (χ1) is 11.4. The van der Waals surface area contributed by atoms with Crippen LogP contribution in [0.25, 0.3) is 0 Å². The zero-order valence-electron chi connectivity index (χ0n) is 13.3. The minimum absolute atomic E-state index is 0.00114. The molecule has 1 saturated heterocycles. The Kier molecular flexibility index (Phi) is 6.34. The lowest BCUT2D eigenvalue weighted by Gasteiger charge is -2.31. The number of benzene rings is 1. The molecule has 0 aromatic heterocycles. The zero-order valence-corrected chi connectivity index (χ0v) is 14.1. The van der Waals surface area contributed by atoms with E-state index in [9.17, 15) is 17.9 Å². The van der Waals surface area contributed by atoms with E-state index in [0.29, 0.717) is 43.7 Å². The molecule has 134 valence electrons. The molecule has 1 fully saturated rings. The number of aliphatic hydroxyl groups is 1. The second-order valence-corrected chi connectivity index (χ2v) is 7.82. The molecule has 1 aliphatic rings. The first-order valence-electron chi connectivity index (χ1n) is 7.62. The molecule has 1 aromatic rings. The Morgan fingerprint density at radius 3 is 2.50 bits per heavy atom. The van der Waals surface area contributed by atoms with Crippen LogP contribution in [0.3, 0.4) is 0 Å². The van der Waals surface area contributed by atoms with Gasteiger partial charge in [-0.3, -0.25) is 0 Å². The molecule has 8 heteroatoms. The Hall–Kier alpha value is -1.48. The molecule has 1 heterocycles. The summed E-state index contributed by atoms with van der Waals surface area (Å²) in [6, 6.07) is 5.81. The van der Waals surface area contributed by atoms with Crippen LogP contribution in [0.5, 0.6) is 5.75 Å². The molecule has 1 aliphatic heterocycles. The summed E-state index contributed by atoms with van der Waals surface area (Å²) in [5, 5.41) is 10.4. The topological polar surface area (TPSA) is 98.9 Å². The highest BCUT2D eigenvalue weighted by molar-refractivity contribution is 7.91. The molecule has 1 aromatic carbocycles. The van der Waals surface area contributed by atoms with E-state index in [2.05, 4.69) is 0 Å². The minimum Gasteiger partial charge on any atom is -0.489 e. The van der Waals surface area contributed by atoms with Crippen LogP contribution in [0.15, 0.2) is 41.1 Å². The van der Waals surface area contributed by atoms with E-state index < -0.39 is 15.4 Å². The van der Waals surface area contributed by atoms with Crippen molar-refractivity contribution in [3.8, 4) is 5.75 Å². The summed E-state index contributed by atoms with van der Waals surface area (Å²) in [7, 11) is -3.63. The molecular weight excluding hydrogens is 337 g/mol. The summed E-state index contributed by atoms with van der Waals surface area (Å²) in [6.07, 6.45) is 0.989. The fourth-order valence-electron chi connectivity index (χ4n) is 2.39. The normalized spacial score (nSPS) is 18.4. The first kappa shape index (κ1) is 18.9. The lowest BCUT2D eigenvalue weighted by atomic mass is 9.97. The van der Waals surface area contributed by atoms with Crippen molar-refractivity contribution in [1.29, 1.82) is 0 Å². The molecule has 0 unspecified atom stereocenters. The van der Waals surface area contributed by atoms with Gasteiger partial charge in [0.25, 0.3) is 0 Å². The van der Waals surface area contributed by atoms with Crippen LogP contribution < -0.4 is 10.5 Å². The highest BCUT2D eigenvalue weighted by Gasteiger charge is 2.35. The number of halogens is 1. The lowest BCUT2D eigenvalue weighted by molar-refractivity contribution is -0.0485. The Labute approximate surface area is 141 Å². The standard InChI is InChI=1S/C16H22FNO5S/c17-9-13(10-18)11-23-14-1-3-15(4-2-14)24(20,21)12-16(19)5-7-22-8-6-16/h1-4,9,19H,5-8,10-12,18H2/b13-9+. The number of hydrogen-bond acceptors (Lipinski definition) is 6. The van der Waals surface area contributed by atoms with Gasteiger partial charge in [0.05, 0.1) is 22.6 Å². The SMILES string of the molecule is NC/C(=C\F)COc1ccc(S(=O)(=O)CC2(O)CCOCC2)cc1. The second-order valence-electron chi connectivity index (χ2n) is 5.83. The molecule has 0 spiro atoms. The minimum atomic E-state index is -3.63. The van der Waals surface area contributed by atoms with Gasteiger partial charge < -0.3 is 20.3 Å². The van der Waals surface area contributed by atoms with Gasteiger partial charge >= 0.3 is 0 Å². The van der Waals surface area contributed by atoms with Crippen molar-refractivity contribution < 1.29 is 27.4 Å². The van der Waals surface area contributed by atoms with Crippen molar-refractivity contribution in [2.45, 2.75) is 23.3 Å². The Bertz CT molecular complexity index is 666. The van der Waals surface area contributed by atoms with Crippen LogP contribution in [0, 0.1) is 0 Å². The third-order valence-corrected chi connectivity index (χ3v) is 5.81. The average molecular weight is 359 g/mol. The predicted octanol–water partition coefficient (Wildman–Crippen LogP) is 1.19. The van der Waals surface area contributed by atoms with Crippen molar-refractivity contribution in [1.82, 2.24) is 0 Å². The van der Waals surface area contributed by atoms with Crippen molar-refractivity contribution in [3.05, 3.63) is 36.2 Å². The number of ether oxygens (including phenoxy) is 2. The van der Waals surface area contributed by atoms with Gasteiger partial charge in [0.2, 0.25) is 0 Å². The molecule has 0 atom stereocenters. The molecule has 0 amide bonds. The van der Waals surface area contributed by atoms with Gasteiger partial charge in [0.1, 0.15) is 12.4 Å². The van der Waals surface area contributed by atoms with Gasteiger partial charge in [-0.1, -0.05) is 0 Å². The lowest BCUT2D eigenvalue weighted by Crippen LogP contribution is -2.42. The molecule has 0 bridgehead atoms. The van der Waals surface area contributed by atoms with E-state index >= 15 is 0 Å². The third kappa shape index (κ3) is 5.01. The summed E-state index contributed by atoms with van der Waals surface area (Å²) in [5.74, 6) is 0.0670. The highest BCUT2D eigenvalue weighted by Crippen LogP contribution is 2.26. The number of sulfone groups is 1. The third-order valence-electron chi connectivity index (χ3n) is 3.91. The molecule has 24 heavy (non-hydrogen) atoms. The van der Waals surface area contributed by atoms with Crippen LogP contribution in [-0.4, -0.2) is 51.2 Å². The van der Waals surface area contributed by atoms with Crippen LogP contribution in [-0.2, 0) is 14.6 Å². The molecule has 2 rings (SSSR count). The van der Waals surface area contributed by atoms with Crippen LogP contribution >= 0.6 is 0 Å². The van der Waals surface area contributed by atoms with Crippen LogP contribution in [0.4, 0.5) is 4.39 Å². The average Bonchev–Trinajstić information content (AvgIpc) is 2.56. The summed E-state index contributed by atoms with van der Waals surface area (Å²) >= 11 is 0. The molecular formula is C16H22FNO5S. The van der Waals surface area contributed by atoms with E-state index in [1.54, 1.807) is 0 Å². The summed E-state index contributed by atoms with van der Waals surface area (Å²) < 4.78 is 47.8. The maximum Gasteiger partial charge on any atom is 0.181 e. The Morgan fingerprint density at radius 1 is 1.33 bits per heavy atom.